The lowest BCUT2D eigenvalue weighted by molar-refractivity contribution is -0.135. The maximum Gasteiger partial charge on any atom is 0.238 e. The largest absolute Gasteiger partial charge is 0.302 e. The Kier molecular flexibility index (Phi) is 4.16. The van der Waals surface area contributed by atoms with E-state index in [0.29, 0.717) is 5.56 Å². The number of Topliss-reactive ketones (excluding diaryl/α,β-unsaturated/α-hetero) is 1. The van der Waals surface area contributed by atoms with Crippen LogP contribution in [0.15, 0.2) is 42.5 Å². The first-order valence-electron chi connectivity index (χ1n) is 7.22. The second kappa shape index (κ2) is 6.26. The van der Waals surface area contributed by atoms with E-state index >= 15 is 0 Å². The molecule has 5 nitrogen and oxygen atoms in total. The van der Waals surface area contributed by atoms with Crippen molar-refractivity contribution in [3.63, 3.8) is 0 Å². The monoisotopic (exact) mass is 326 g/mol. The van der Waals surface area contributed by atoms with Gasteiger partial charge in [-0.3, -0.25) is 14.4 Å². The Labute approximate surface area is 138 Å². The van der Waals surface area contributed by atoms with Gasteiger partial charge in [-0.25, -0.2) is 0 Å². The first kappa shape index (κ1) is 15.3. The summed E-state index contributed by atoms with van der Waals surface area (Å²) in [7, 11) is 0. The Morgan fingerprint density at radius 3 is 2.35 bits per heavy atom. The van der Waals surface area contributed by atoms with Gasteiger partial charge < -0.3 is 10.6 Å². The van der Waals surface area contributed by atoms with Crippen LogP contribution >= 0.6 is 12.2 Å². The highest BCUT2D eigenvalue weighted by Crippen LogP contribution is 2.19. The van der Waals surface area contributed by atoms with Gasteiger partial charge >= 0.3 is 0 Å². The third-order valence-electron chi connectivity index (χ3n) is 3.84. The molecule has 0 spiro atoms. The third kappa shape index (κ3) is 3.27. The van der Waals surface area contributed by atoms with Crippen LogP contribution in [0.4, 0.5) is 0 Å². The summed E-state index contributed by atoms with van der Waals surface area (Å²) in [6.45, 7) is 0. The van der Waals surface area contributed by atoms with Crippen molar-refractivity contribution in [3.05, 3.63) is 48.0 Å². The molecule has 116 valence electrons. The lowest BCUT2D eigenvalue weighted by Crippen LogP contribution is -2.55. The SMILES string of the molecule is O=C(CCC1C(=O)NC(=S)NC1=O)c1ccc2ccccc2c1. The van der Waals surface area contributed by atoms with Gasteiger partial charge in [-0.2, -0.15) is 0 Å². The molecule has 1 aliphatic rings. The molecule has 1 fully saturated rings. The van der Waals surface area contributed by atoms with Crippen LogP contribution in [0.2, 0.25) is 0 Å². The molecule has 0 unspecified atom stereocenters. The minimum Gasteiger partial charge on any atom is -0.302 e. The van der Waals surface area contributed by atoms with Crippen LogP contribution in [0, 0.1) is 5.92 Å². The van der Waals surface area contributed by atoms with Crippen molar-refractivity contribution >= 4 is 45.7 Å². The highest BCUT2D eigenvalue weighted by atomic mass is 32.1. The molecule has 3 rings (SSSR count). The van der Waals surface area contributed by atoms with Gasteiger partial charge in [0, 0.05) is 12.0 Å². The van der Waals surface area contributed by atoms with E-state index in [1.807, 2.05) is 36.4 Å². The number of benzene rings is 2. The summed E-state index contributed by atoms with van der Waals surface area (Å²) in [6, 6.07) is 13.2. The molecule has 2 aromatic rings. The van der Waals surface area contributed by atoms with Gasteiger partial charge in [-0.15, -0.1) is 0 Å². The van der Waals surface area contributed by atoms with Gasteiger partial charge in [-0.05, 0) is 35.5 Å². The lowest BCUT2D eigenvalue weighted by atomic mass is 9.95. The van der Waals surface area contributed by atoms with E-state index in [1.165, 1.54) is 0 Å². The summed E-state index contributed by atoms with van der Waals surface area (Å²) in [4.78, 5) is 35.9. The zero-order chi connectivity index (χ0) is 16.4. The van der Waals surface area contributed by atoms with Crippen LogP contribution in [0.3, 0.4) is 0 Å². The first-order chi connectivity index (χ1) is 11.0. The van der Waals surface area contributed by atoms with E-state index in [2.05, 4.69) is 10.6 Å². The van der Waals surface area contributed by atoms with E-state index in [9.17, 15) is 14.4 Å². The number of thiocarbonyl (C=S) groups is 1. The van der Waals surface area contributed by atoms with Gasteiger partial charge in [0.2, 0.25) is 11.8 Å². The average Bonchev–Trinajstić information content (AvgIpc) is 2.53. The summed E-state index contributed by atoms with van der Waals surface area (Å²) in [5.74, 6) is -1.88. The van der Waals surface area contributed by atoms with E-state index < -0.39 is 17.7 Å². The predicted molar refractivity (Wildman–Crippen MR) is 89.9 cm³/mol. The minimum absolute atomic E-state index is 0.0112. The summed E-state index contributed by atoms with van der Waals surface area (Å²) >= 11 is 4.74. The number of carbonyl (C=O) groups excluding carboxylic acids is 3. The normalized spacial score (nSPS) is 15.4. The van der Waals surface area contributed by atoms with Gasteiger partial charge in [0.25, 0.3) is 0 Å². The van der Waals surface area contributed by atoms with Crippen LogP contribution in [0.5, 0.6) is 0 Å². The number of nitrogens with one attached hydrogen (secondary N) is 2. The molecule has 0 aliphatic carbocycles. The zero-order valence-electron chi connectivity index (χ0n) is 12.2. The van der Waals surface area contributed by atoms with Gasteiger partial charge in [-0.1, -0.05) is 36.4 Å². The summed E-state index contributed by atoms with van der Waals surface area (Å²) < 4.78 is 0. The number of amides is 2. The molecule has 0 bridgehead atoms. The standard InChI is InChI=1S/C17H14N2O3S/c20-14(8-7-13-15(21)18-17(23)19-16(13)22)12-6-5-10-3-1-2-4-11(10)9-12/h1-6,9,13H,7-8H2,(H2,18,19,21,22,23). The van der Waals surface area contributed by atoms with Crippen LogP contribution in [-0.4, -0.2) is 22.7 Å². The third-order valence-corrected chi connectivity index (χ3v) is 4.04. The Hall–Kier alpha value is -2.60. The molecule has 0 atom stereocenters. The molecule has 2 aromatic carbocycles. The van der Waals surface area contributed by atoms with E-state index in [1.54, 1.807) is 6.07 Å². The molecule has 1 saturated heterocycles. The van der Waals surface area contributed by atoms with Crippen molar-refractivity contribution in [3.8, 4) is 0 Å². The second-order valence-electron chi connectivity index (χ2n) is 5.38. The fraction of sp³-hybridized carbons (Fsp3) is 0.176. The first-order valence-corrected chi connectivity index (χ1v) is 7.63. The van der Waals surface area contributed by atoms with E-state index in [4.69, 9.17) is 12.2 Å². The number of hydrogen-bond acceptors (Lipinski definition) is 4. The molecule has 1 heterocycles. The lowest BCUT2D eigenvalue weighted by Gasteiger charge is -2.22. The fourth-order valence-electron chi connectivity index (χ4n) is 2.59. The fourth-order valence-corrected chi connectivity index (χ4v) is 2.79. The Morgan fingerprint density at radius 1 is 1.00 bits per heavy atom. The number of carbonyl (C=O) groups is 3. The van der Waals surface area contributed by atoms with Crippen LogP contribution in [-0.2, 0) is 9.59 Å². The molecule has 0 aromatic heterocycles. The number of rotatable bonds is 4. The van der Waals surface area contributed by atoms with E-state index in [0.717, 1.165) is 10.8 Å². The van der Waals surface area contributed by atoms with Crippen molar-refractivity contribution < 1.29 is 14.4 Å². The second-order valence-corrected chi connectivity index (χ2v) is 5.79. The highest BCUT2D eigenvalue weighted by molar-refractivity contribution is 7.80. The Morgan fingerprint density at radius 2 is 1.65 bits per heavy atom. The van der Waals surface area contributed by atoms with Crippen LogP contribution < -0.4 is 10.6 Å². The zero-order valence-corrected chi connectivity index (χ0v) is 13.0. The molecular weight excluding hydrogens is 312 g/mol. The number of hydrogen-bond donors (Lipinski definition) is 2. The maximum atomic E-state index is 12.3. The molecule has 23 heavy (non-hydrogen) atoms. The highest BCUT2D eigenvalue weighted by Gasteiger charge is 2.32. The summed E-state index contributed by atoms with van der Waals surface area (Å²) in [5.41, 5.74) is 0.579. The Balaban J connectivity index is 1.70. The van der Waals surface area contributed by atoms with Crippen molar-refractivity contribution in [2.24, 2.45) is 5.92 Å². The smallest absolute Gasteiger partial charge is 0.238 e. The molecule has 0 saturated carbocycles. The van der Waals surface area contributed by atoms with Crippen LogP contribution in [0.25, 0.3) is 10.8 Å². The van der Waals surface area contributed by atoms with Crippen molar-refractivity contribution in [1.29, 1.82) is 0 Å². The van der Waals surface area contributed by atoms with Crippen molar-refractivity contribution in [2.45, 2.75) is 12.8 Å². The quantitative estimate of drug-likeness (QED) is 0.511. The minimum atomic E-state index is -0.883. The maximum absolute atomic E-state index is 12.3. The van der Waals surface area contributed by atoms with Crippen LogP contribution in [0.1, 0.15) is 23.2 Å². The number of ketones is 1. The van der Waals surface area contributed by atoms with E-state index in [-0.39, 0.29) is 23.7 Å². The Bertz CT molecular complexity index is 811. The number of fused-ring (bicyclic) bond motifs is 1. The van der Waals surface area contributed by atoms with Crippen molar-refractivity contribution in [1.82, 2.24) is 10.6 Å². The van der Waals surface area contributed by atoms with Gasteiger partial charge in [0.05, 0.1) is 0 Å². The molecule has 2 amide bonds. The van der Waals surface area contributed by atoms with Gasteiger partial charge in [0.15, 0.2) is 10.9 Å². The summed E-state index contributed by atoms with van der Waals surface area (Å²) in [6.07, 6.45) is 0.280. The van der Waals surface area contributed by atoms with Gasteiger partial charge in [0.1, 0.15) is 5.92 Å². The molecule has 6 heteroatoms. The topological polar surface area (TPSA) is 75.3 Å². The predicted octanol–water partition coefficient (Wildman–Crippen LogP) is 1.95. The van der Waals surface area contributed by atoms with Crippen molar-refractivity contribution in [2.75, 3.05) is 0 Å². The molecular formula is C17H14N2O3S. The molecule has 1 aliphatic heterocycles. The summed E-state index contributed by atoms with van der Waals surface area (Å²) in [5, 5.41) is 6.85. The molecule has 0 radical (unpaired) electrons. The average molecular weight is 326 g/mol. The molecule has 2 N–H and O–H groups in total.